The van der Waals surface area contributed by atoms with Crippen molar-refractivity contribution in [1.82, 2.24) is 0 Å². The van der Waals surface area contributed by atoms with E-state index < -0.39 is 11.9 Å². The van der Waals surface area contributed by atoms with Gasteiger partial charge in [0.15, 0.2) is 0 Å². The van der Waals surface area contributed by atoms with Gasteiger partial charge in [-0.05, 0) is 11.6 Å². The summed E-state index contributed by atoms with van der Waals surface area (Å²) < 4.78 is 0. The van der Waals surface area contributed by atoms with E-state index in [2.05, 4.69) is 13.2 Å². The van der Waals surface area contributed by atoms with Crippen molar-refractivity contribution in [3.8, 4) is 0 Å². The lowest BCUT2D eigenvalue weighted by molar-refractivity contribution is -0.134. The third kappa shape index (κ3) is 8.25. The molecule has 0 bridgehead atoms. The molecular weight excluding hydrogens is 256 g/mol. The van der Waals surface area contributed by atoms with Gasteiger partial charge in [0.25, 0.3) is 0 Å². The highest BCUT2D eigenvalue weighted by Crippen LogP contribution is 2.05. The van der Waals surface area contributed by atoms with Crippen molar-refractivity contribution < 1.29 is 19.8 Å². The molecule has 1 aromatic carbocycles. The molecule has 0 saturated heterocycles. The van der Waals surface area contributed by atoms with Crippen LogP contribution in [0, 0.1) is 0 Å². The van der Waals surface area contributed by atoms with E-state index in [0.29, 0.717) is 6.08 Å². The van der Waals surface area contributed by atoms with Gasteiger partial charge in [-0.3, -0.25) is 0 Å². The summed E-state index contributed by atoms with van der Waals surface area (Å²) in [5.41, 5.74) is 0.538. The van der Waals surface area contributed by atoms with Crippen LogP contribution < -0.4 is 0 Å². The van der Waals surface area contributed by atoms with Gasteiger partial charge in [-0.15, -0.1) is 0 Å². The van der Waals surface area contributed by atoms with Crippen LogP contribution in [0.25, 0.3) is 6.08 Å². The van der Waals surface area contributed by atoms with Gasteiger partial charge >= 0.3 is 11.9 Å². The first-order valence-corrected chi connectivity index (χ1v) is 5.65. The lowest BCUT2D eigenvalue weighted by Gasteiger charge is -1.94. The molecule has 1 aromatic rings. The van der Waals surface area contributed by atoms with Crippen LogP contribution in [0.4, 0.5) is 0 Å². The van der Waals surface area contributed by atoms with Gasteiger partial charge in [-0.2, -0.15) is 0 Å². The summed E-state index contributed by atoms with van der Waals surface area (Å²) in [7, 11) is 0. The lowest BCUT2D eigenvalue weighted by Crippen LogP contribution is -2.01. The monoisotopic (exact) mass is 272 g/mol. The number of hydrogen-bond acceptors (Lipinski definition) is 2. The Kier molecular flexibility index (Phi) is 8.63. The Morgan fingerprint density at radius 3 is 1.95 bits per heavy atom. The van der Waals surface area contributed by atoms with Crippen molar-refractivity contribution in [2.75, 3.05) is 0 Å². The molecule has 4 nitrogen and oxygen atoms in total. The Morgan fingerprint density at radius 2 is 1.55 bits per heavy atom. The molecule has 0 saturated carbocycles. The predicted molar refractivity (Wildman–Crippen MR) is 79.2 cm³/mol. The summed E-state index contributed by atoms with van der Waals surface area (Å²) in [6, 6.07) is 9.03. The Morgan fingerprint density at radius 1 is 1.00 bits per heavy atom. The fraction of sp³-hybridized carbons (Fsp3) is 0. The molecule has 0 aromatic heterocycles. The molecular formula is C16H16O4. The van der Waals surface area contributed by atoms with Crippen molar-refractivity contribution in [2.45, 2.75) is 0 Å². The van der Waals surface area contributed by atoms with Crippen molar-refractivity contribution >= 4 is 18.0 Å². The normalized spacial score (nSPS) is 10.3. The minimum Gasteiger partial charge on any atom is -0.478 e. The molecule has 0 aliphatic carbocycles. The van der Waals surface area contributed by atoms with Gasteiger partial charge in [-0.1, -0.05) is 61.7 Å². The third-order valence-electron chi connectivity index (χ3n) is 1.95. The molecule has 1 rings (SSSR count). The topological polar surface area (TPSA) is 74.6 Å². The number of carboxylic acids is 2. The van der Waals surface area contributed by atoms with E-state index >= 15 is 0 Å². The van der Waals surface area contributed by atoms with Gasteiger partial charge in [-0.25, -0.2) is 9.59 Å². The zero-order valence-electron chi connectivity index (χ0n) is 10.9. The Balaban J connectivity index is 0.000000796. The molecule has 0 amide bonds. The maximum Gasteiger partial charge on any atom is 0.335 e. The summed E-state index contributed by atoms with van der Waals surface area (Å²) in [5.74, 6) is -2.55. The Bertz CT molecular complexity index is 519. The minimum atomic E-state index is -1.28. The summed E-state index contributed by atoms with van der Waals surface area (Å²) >= 11 is 0. The standard InChI is InChI=1S/C12H10O4.C4H6/c13-11(14)8-10(12(15)16)7-6-9-4-2-1-3-5-9;1-3-4-2/h1-8H,(H,13,14)(H,15,16);3-4H,1-2H2/b7-6?,10-8-;. The van der Waals surface area contributed by atoms with Crippen LogP contribution in [-0.4, -0.2) is 22.2 Å². The second-order valence-corrected chi connectivity index (χ2v) is 3.46. The Hall–Kier alpha value is -2.88. The second-order valence-electron chi connectivity index (χ2n) is 3.46. The molecule has 0 heterocycles. The van der Waals surface area contributed by atoms with Gasteiger partial charge in [0, 0.05) is 6.08 Å². The van der Waals surface area contributed by atoms with E-state index in [1.54, 1.807) is 42.5 Å². The largest absolute Gasteiger partial charge is 0.478 e. The molecule has 0 atom stereocenters. The highest BCUT2D eigenvalue weighted by Gasteiger charge is 2.04. The van der Waals surface area contributed by atoms with Crippen LogP contribution in [0.2, 0.25) is 0 Å². The van der Waals surface area contributed by atoms with Crippen LogP contribution >= 0.6 is 0 Å². The molecule has 20 heavy (non-hydrogen) atoms. The average Bonchev–Trinajstić information content (AvgIpc) is 2.44. The van der Waals surface area contributed by atoms with Gasteiger partial charge in [0.1, 0.15) is 0 Å². The van der Waals surface area contributed by atoms with Crippen LogP contribution in [-0.2, 0) is 9.59 Å². The van der Waals surface area contributed by atoms with Crippen molar-refractivity contribution in [1.29, 1.82) is 0 Å². The predicted octanol–water partition coefficient (Wildman–Crippen LogP) is 3.15. The summed E-state index contributed by atoms with van der Waals surface area (Å²) in [6.45, 7) is 6.72. The van der Waals surface area contributed by atoms with E-state index in [1.165, 1.54) is 6.08 Å². The molecule has 0 fully saturated rings. The van der Waals surface area contributed by atoms with Crippen molar-refractivity contribution in [3.63, 3.8) is 0 Å². The van der Waals surface area contributed by atoms with Crippen molar-refractivity contribution in [2.24, 2.45) is 0 Å². The number of hydrogen-bond donors (Lipinski definition) is 2. The molecule has 0 aliphatic rings. The number of benzene rings is 1. The molecule has 0 unspecified atom stereocenters. The molecule has 0 spiro atoms. The van der Waals surface area contributed by atoms with Gasteiger partial charge in [0.2, 0.25) is 0 Å². The highest BCUT2D eigenvalue weighted by molar-refractivity contribution is 5.97. The van der Waals surface area contributed by atoms with E-state index in [4.69, 9.17) is 10.2 Å². The zero-order chi connectivity index (χ0) is 15.4. The first-order chi connectivity index (χ1) is 9.51. The van der Waals surface area contributed by atoms with Crippen LogP contribution in [0.5, 0.6) is 0 Å². The summed E-state index contributed by atoms with van der Waals surface area (Å²) in [5, 5.41) is 17.2. The first kappa shape index (κ1) is 17.1. The SMILES string of the molecule is C=CC=C.O=C(O)/C=C(/C=Cc1ccccc1)C(=O)O. The fourth-order valence-corrected chi connectivity index (χ4v) is 1.06. The molecule has 104 valence electrons. The minimum absolute atomic E-state index is 0.267. The molecule has 4 heteroatoms. The maximum absolute atomic E-state index is 10.7. The van der Waals surface area contributed by atoms with Crippen molar-refractivity contribution in [3.05, 3.63) is 78.9 Å². The maximum atomic E-state index is 10.7. The fourth-order valence-electron chi connectivity index (χ4n) is 1.06. The number of rotatable bonds is 5. The number of allylic oxidation sites excluding steroid dienone is 2. The lowest BCUT2D eigenvalue weighted by atomic mass is 10.1. The third-order valence-corrected chi connectivity index (χ3v) is 1.95. The highest BCUT2D eigenvalue weighted by atomic mass is 16.4. The number of aliphatic carboxylic acids is 2. The number of carbonyl (C=O) groups is 2. The first-order valence-electron chi connectivity index (χ1n) is 5.65. The zero-order valence-corrected chi connectivity index (χ0v) is 10.9. The van der Waals surface area contributed by atoms with E-state index in [1.807, 2.05) is 6.07 Å². The summed E-state index contributed by atoms with van der Waals surface area (Å²) in [4.78, 5) is 21.0. The summed E-state index contributed by atoms with van der Waals surface area (Å²) in [6.07, 6.45) is 6.73. The van der Waals surface area contributed by atoms with E-state index in [9.17, 15) is 9.59 Å². The molecule has 2 N–H and O–H groups in total. The van der Waals surface area contributed by atoms with Gasteiger partial charge < -0.3 is 10.2 Å². The number of carboxylic acid groups (broad SMARTS) is 2. The van der Waals surface area contributed by atoms with Crippen LogP contribution in [0.1, 0.15) is 5.56 Å². The van der Waals surface area contributed by atoms with Gasteiger partial charge in [0.05, 0.1) is 5.57 Å². The molecule has 0 aliphatic heterocycles. The van der Waals surface area contributed by atoms with E-state index in [-0.39, 0.29) is 5.57 Å². The van der Waals surface area contributed by atoms with Crippen LogP contribution in [0.3, 0.4) is 0 Å². The molecule has 0 radical (unpaired) electrons. The average molecular weight is 272 g/mol. The second kappa shape index (κ2) is 10.1. The quantitative estimate of drug-likeness (QED) is 0.637. The van der Waals surface area contributed by atoms with Crippen LogP contribution in [0.15, 0.2) is 73.4 Å². The Labute approximate surface area is 117 Å². The smallest absolute Gasteiger partial charge is 0.335 e. The van der Waals surface area contributed by atoms with E-state index in [0.717, 1.165) is 5.56 Å².